The molecule has 1 saturated heterocycles. The van der Waals surface area contributed by atoms with E-state index in [1.165, 1.54) is 17.7 Å². The number of halogens is 1. The first kappa shape index (κ1) is 23.0. The van der Waals surface area contributed by atoms with E-state index in [2.05, 4.69) is 41.4 Å². The molecule has 0 bridgehead atoms. The van der Waals surface area contributed by atoms with Crippen LogP contribution in [0.15, 0.2) is 78.9 Å². The number of nitrogens with one attached hydrogen (secondary N) is 1. The molecule has 1 heterocycles. The molecule has 172 valence electrons. The van der Waals surface area contributed by atoms with Gasteiger partial charge in [0.15, 0.2) is 0 Å². The Labute approximate surface area is 196 Å². The van der Waals surface area contributed by atoms with Crippen LogP contribution in [-0.4, -0.2) is 35.0 Å². The average molecular weight is 446 g/mol. The zero-order valence-corrected chi connectivity index (χ0v) is 19.2. The van der Waals surface area contributed by atoms with Crippen molar-refractivity contribution >= 4 is 6.03 Å². The smallest absolute Gasteiger partial charge is 0.318 e. The fraction of sp³-hybridized carbons (Fsp3) is 0.321. The van der Waals surface area contributed by atoms with Crippen LogP contribution in [0.3, 0.4) is 0 Å². The quantitative estimate of drug-likeness (QED) is 0.520. The van der Waals surface area contributed by atoms with Gasteiger partial charge in [-0.2, -0.15) is 0 Å². The maximum Gasteiger partial charge on any atom is 0.318 e. The van der Waals surface area contributed by atoms with E-state index in [0.717, 1.165) is 49.2 Å². The first-order chi connectivity index (χ1) is 16.1. The monoisotopic (exact) mass is 445 g/mol. The van der Waals surface area contributed by atoms with Crippen molar-refractivity contribution in [2.45, 2.75) is 45.4 Å². The maximum atomic E-state index is 13.3. The summed E-state index contributed by atoms with van der Waals surface area (Å²) in [4.78, 5) is 17.6. The van der Waals surface area contributed by atoms with Gasteiger partial charge in [0, 0.05) is 38.8 Å². The number of likely N-dealkylation sites (tertiary alicyclic amines) is 1. The van der Waals surface area contributed by atoms with Crippen LogP contribution in [0.5, 0.6) is 0 Å². The minimum absolute atomic E-state index is 0.0172. The van der Waals surface area contributed by atoms with Crippen LogP contribution in [0.1, 0.15) is 35.1 Å². The number of amides is 2. The van der Waals surface area contributed by atoms with Crippen molar-refractivity contribution in [2.24, 2.45) is 0 Å². The molecule has 0 atom stereocenters. The summed E-state index contributed by atoms with van der Waals surface area (Å²) >= 11 is 0. The third-order valence-electron chi connectivity index (χ3n) is 6.34. The van der Waals surface area contributed by atoms with E-state index in [9.17, 15) is 9.18 Å². The molecular formula is C28H32FN3O. The Balaban J connectivity index is 1.39. The first-order valence-electron chi connectivity index (χ1n) is 11.7. The predicted octanol–water partition coefficient (Wildman–Crippen LogP) is 5.51. The van der Waals surface area contributed by atoms with Crippen molar-refractivity contribution < 1.29 is 9.18 Å². The summed E-state index contributed by atoms with van der Waals surface area (Å²) in [5.41, 5.74) is 4.57. The number of benzene rings is 3. The van der Waals surface area contributed by atoms with Crippen molar-refractivity contribution in [2.75, 3.05) is 13.1 Å². The molecule has 0 aliphatic carbocycles. The van der Waals surface area contributed by atoms with E-state index in [0.29, 0.717) is 13.1 Å². The standard InChI is InChI=1S/C28H32FN3O/c1-22-7-9-25(10-8-22)21-32(28(33)30-19-23-5-3-2-4-6-23)27-15-17-31(18-16-27)20-24-11-13-26(29)14-12-24/h2-14,27H,15-21H2,1H3,(H,30,33). The second-order valence-corrected chi connectivity index (χ2v) is 8.89. The Morgan fingerprint density at radius 1 is 0.909 bits per heavy atom. The summed E-state index contributed by atoms with van der Waals surface area (Å²) in [5, 5.41) is 3.12. The fourth-order valence-electron chi connectivity index (χ4n) is 4.37. The lowest BCUT2D eigenvalue weighted by molar-refractivity contribution is 0.113. The first-order valence-corrected chi connectivity index (χ1v) is 11.7. The summed E-state index contributed by atoms with van der Waals surface area (Å²) < 4.78 is 13.2. The van der Waals surface area contributed by atoms with E-state index >= 15 is 0 Å². The van der Waals surface area contributed by atoms with Crippen molar-refractivity contribution in [1.82, 2.24) is 15.1 Å². The molecular weight excluding hydrogens is 413 g/mol. The third-order valence-corrected chi connectivity index (χ3v) is 6.34. The van der Waals surface area contributed by atoms with Gasteiger partial charge in [0.05, 0.1) is 0 Å². The van der Waals surface area contributed by atoms with Gasteiger partial charge in [0.2, 0.25) is 0 Å². The number of carbonyl (C=O) groups is 1. The lowest BCUT2D eigenvalue weighted by Gasteiger charge is -2.38. The molecule has 5 heteroatoms. The Hall–Kier alpha value is -3.18. The molecule has 4 nitrogen and oxygen atoms in total. The highest BCUT2D eigenvalue weighted by molar-refractivity contribution is 5.74. The molecule has 2 amide bonds. The van der Waals surface area contributed by atoms with Crippen LogP contribution >= 0.6 is 0 Å². The molecule has 4 rings (SSSR count). The SMILES string of the molecule is Cc1ccc(CN(C(=O)NCc2ccccc2)C2CCN(Cc3ccc(F)cc3)CC2)cc1. The molecule has 0 unspecified atom stereocenters. The van der Waals surface area contributed by atoms with Crippen LogP contribution in [0.4, 0.5) is 9.18 Å². The number of aryl methyl sites for hydroxylation is 1. The van der Waals surface area contributed by atoms with Crippen LogP contribution < -0.4 is 5.32 Å². The number of nitrogens with zero attached hydrogens (tertiary/aromatic N) is 2. The molecule has 3 aromatic carbocycles. The van der Waals surface area contributed by atoms with Gasteiger partial charge in [0.1, 0.15) is 5.82 Å². The minimum Gasteiger partial charge on any atom is -0.334 e. The van der Waals surface area contributed by atoms with Gasteiger partial charge in [0.25, 0.3) is 0 Å². The fourth-order valence-corrected chi connectivity index (χ4v) is 4.37. The summed E-state index contributed by atoms with van der Waals surface area (Å²) in [6.45, 7) is 5.84. The van der Waals surface area contributed by atoms with Crippen LogP contribution in [0.2, 0.25) is 0 Å². The highest BCUT2D eigenvalue weighted by atomic mass is 19.1. The highest BCUT2D eigenvalue weighted by Crippen LogP contribution is 2.21. The minimum atomic E-state index is -0.203. The zero-order valence-electron chi connectivity index (χ0n) is 19.2. The van der Waals surface area contributed by atoms with Gasteiger partial charge >= 0.3 is 6.03 Å². The van der Waals surface area contributed by atoms with Gasteiger partial charge in [-0.3, -0.25) is 4.90 Å². The molecule has 33 heavy (non-hydrogen) atoms. The van der Waals surface area contributed by atoms with Crippen molar-refractivity contribution in [3.63, 3.8) is 0 Å². The Morgan fingerprint density at radius 2 is 1.55 bits per heavy atom. The maximum absolute atomic E-state index is 13.3. The molecule has 0 spiro atoms. The van der Waals surface area contributed by atoms with E-state index in [1.807, 2.05) is 47.4 Å². The average Bonchev–Trinajstić information content (AvgIpc) is 2.85. The molecule has 0 saturated carbocycles. The lowest BCUT2D eigenvalue weighted by Crippen LogP contribution is -2.50. The molecule has 1 N–H and O–H groups in total. The summed E-state index contributed by atoms with van der Waals surface area (Å²) in [5.74, 6) is -0.203. The van der Waals surface area contributed by atoms with Gasteiger partial charge in [-0.25, -0.2) is 9.18 Å². The summed E-state index contributed by atoms with van der Waals surface area (Å²) in [7, 11) is 0. The van der Waals surface area contributed by atoms with E-state index in [-0.39, 0.29) is 17.9 Å². The Kier molecular flexibility index (Phi) is 7.74. The van der Waals surface area contributed by atoms with Crippen molar-refractivity contribution in [3.8, 4) is 0 Å². The molecule has 1 fully saturated rings. The highest BCUT2D eigenvalue weighted by Gasteiger charge is 2.28. The number of piperidine rings is 1. The van der Waals surface area contributed by atoms with E-state index in [1.54, 1.807) is 0 Å². The molecule has 3 aromatic rings. The third kappa shape index (κ3) is 6.65. The molecule has 1 aliphatic rings. The zero-order chi connectivity index (χ0) is 23.0. The van der Waals surface area contributed by atoms with Crippen LogP contribution in [0, 0.1) is 12.7 Å². The van der Waals surface area contributed by atoms with Crippen LogP contribution in [0.25, 0.3) is 0 Å². The second-order valence-electron chi connectivity index (χ2n) is 8.89. The Morgan fingerprint density at radius 3 is 2.21 bits per heavy atom. The summed E-state index contributed by atoms with van der Waals surface area (Å²) in [6.07, 6.45) is 1.84. The molecule has 1 aliphatic heterocycles. The molecule has 0 radical (unpaired) electrons. The van der Waals surface area contributed by atoms with Gasteiger partial charge in [-0.1, -0.05) is 72.3 Å². The van der Waals surface area contributed by atoms with Gasteiger partial charge in [-0.05, 0) is 48.6 Å². The normalized spacial score (nSPS) is 14.7. The molecule has 0 aromatic heterocycles. The van der Waals surface area contributed by atoms with Crippen LogP contribution in [-0.2, 0) is 19.6 Å². The van der Waals surface area contributed by atoms with Gasteiger partial charge < -0.3 is 10.2 Å². The number of urea groups is 1. The van der Waals surface area contributed by atoms with E-state index < -0.39 is 0 Å². The number of hydrogen-bond donors (Lipinski definition) is 1. The largest absolute Gasteiger partial charge is 0.334 e. The lowest BCUT2D eigenvalue weighted by atomic mass is 10.0. The number of hydrogen-bond acceptors (Lipinski definition) is 2. The summed E-state index contributed by atoms with van der Waals surface area (Å²) in [6, 6.07) is 25.3. The second kappa shape index (κ2) is 11.1. The van der Waals surface area contributed by atoms with E-state index in [4.69, 9.17) is 0 Å². The van der Waals surface area contributed by atoms with Crippen molar-refractivity contribution in [3.05, 3.63) is 107 Å². The number of carbonyl (C=O) groups excluding carboxylic acids is 1. The topological polar surface area (TPSA) is 35.6 Å². The van der Waals surface area contributed by atoms with Crippen molar-refractivity contribution in [1.29, 1.82) is 0 Å². The predicted molar refractivity (Wildman–Crippen MR) is 130 cm³/mol. The van der Waals surface area contributed by atoms with Gasteiger partial charge in [-0.15, -0.1) is 0 Å². The Bertz CT molecular complexity index is 1010. The number of rotatable bonds is 7.